The molecule has 3 amide bonds. The first kappa shape index (κ1) is 25.1. The summed E-state index contributed by atoms with van der Waals surface area (Å²) in [5.74, 6) is -1.59. The second-order valence-corrected chi connectivity index (χ2v) is 11.7. The van der Waals surface area contributed by atoms with Crippen molar-refractivity contribution in [2.45, 2.75) is 48.1 Å². The quantitative estimate of drug-likeness (QED) is 0.425. The minimum atomic E-state index is -0.690. The van der Waals surface area contributed by atoms with Crippen LogP contribution in [0.1, 0.15) is 32.1 Å². The van der Waals surface area contributed by atoms with E-state index in [9.17, 15) is 14.4 Å². The molecule has 2 unspecified atom stereocenters. The van der Waals surface area contributed by atoms with Crippen LogP contribution in [0.5, 0.6) is 0 Å². The van der Waals surface area contributed by atoms with Gasteiger partial charge in [-0.2, -0.15) is 0 Å². The van der Waals surface area contributed by atoms with Gasteiger partial charge in [0, 0.05) is 24.1 Å². The maximum Gasteiger partial charge on any atom is 0.248 e. The molecule has 1 spiro atoms. The van der Waals surface area contributed by atoms with E-state index in [4.69, 9.17) is 16.7 Å². The molecule has 7 nitrogen and oxygen atoms in total. The highest BCUT2D eigenvalue weighted by Gasteiger charge is 2.73. The number of anilines is 2. The number of fused-ring (bicyclic) bond motifs is 1. The van der Waals surface area contributed by atoms with E-state index in [-0.39, 0.29) is 29.6 Å². The van der Waals surface area contributed by atoms with Crippen molar-refractivity contribution in [3.63, 3.8) is 0 Å². The predicted octanol–water partition coefficient (Wildman–Crippen LogP) is 4.17. The number of carbonyl (C=O) groups is 3. The van der Waals surface area contributed by atoms with Crippen LogP contribution in [0.4, 0.5) is 11.4 Å². The number of carbonyl (C=O) groups excluding carboxylic acids is 3. The normalized spacial score (nSPS) is 28.3. The van der Waals surface area contributed by atoms with Crippen molar-refractivity contribution >= 4 is 52.5 Å². The molecule has 0 aliphatic carbocycles. The highest BCUT2D eigenvalue weighted by molar-refractivity contribution is 8.02. The van der Waals surface area contributed by atoms with Gasteiger partial charge < -0.3 is 20.6 Å². The number of amides is 3. The first-order chi connectivity index (χ1) is 17.5. The number of nitrogens with zero attached hydrogens (tertiary/aromatic N) is 1. The van der Waals surface area contributed by atoms with Crippen LogP contribution < -0.4 is 10.6 Å². The van der Waals surface area contributed by atoms with Crippen molar-refractivity contribution in [3.8, 4) is 0 Å². The standard InChI is InChI=1S/C27H30ClN3O4S/c28-18-11-5-6-12-19(18)30-25(34)23-27-14-13-20(36-27)21(24(33)29-17-9-3-1-4-10-17)22(27)26(35)31(23)15-7-2-8-16-32/h1,3-6,9-12,20-23,32H,2,7-8,13-16H2,(H,29,33)(H,30,34)/t20-,21+,22+,23?,27?/m1/s1. The number of rotatable bonds is 9. The molecule has 5 rings (SSSR count). The van der Waals surface area contributed by atoms with Crippen LogP contribution in [0.15, 0.2) is 54.6 Å². The maximum absolute atomic E-state index is 13.9. The molecular formula is C27H30ClN3O4S. The van der Waals surface area contributed by atoms with Gasteiger partial charge in [-0.15, -0.1) is 11.8 Å². The zero-order valence-corrected chi connectivity index (χ0v) is 21.4. The SMILES string of the molecule is O=C(Nc1ccccc1Cl)C1N(CCCCCO)C(=O)[C@@H]2[C@@H](C(=O)Nc3ccccc3)[C@H]3CCC12S3. The van der Waals surface area contributed by atoms with Gasteiger partial charge in [0.2, 0.25) is 17.7 Å². The van der Waals surface area contributed by atoms with Gasteiger partial charge in [0.25, 0.3) is 0 Å². The second kappa shape index (κ2) is 10.4. The van der Waals surface area contributed by atoms with Gasteiger partial charge in [-0.1, -0.05) is 41.9 Å². The van der Waals surface area contributed by atoms with Crippen molar-refractivity contribution in [2.75, 3.05) is 23.8 Å². The number of thioether (sulfide) groups is 1. The Labute approximate surface area is 220 Å². The van der Waals surface area contributed by atoms with Gasteiger partial charge in [0.05, 0.1) is 27.3 Å². The Morgan fingerprint density at radius 2 is 1.78 bits per heavy atom. The van der Waals surface area contributed by atoms with E-state index in [1.54, 1.807) is 40.9 Å². The number of aliphatic hydroxyl groups excluding tert-OH is 1. The average Bonchev–Trinajstić information content (AvgIpc) is 3.51. The second-order valence-electron chi connectivity index (χ2n) is 9.70. The van der Waals surface area contributed by atoms with Crippen molar-refractivity contribution in [2.24, 2.45) is 11.8 Å². The number of halogens is 1. The first-order valence-corrected chi connectivity index (χ1v) is 13.7. The van der Waals surface area contributed by atoms with Crippen LogP contribution in [0, 0.1) is 11.8 Å². The Morgan fingerprint density at radius 1 is 1.03 bits per heavy atom. The van der Waals surface area contributed by atoms with Crippen LogP contribution in [-0.4, -0.2) is 56.9 Å². The summed E-state index contributed by atoms with van der Waals surface area (Å²) in [5.41, 5.74) is 1.20. The number of hydrogen-bond acceptors (Lipinski definition) is 5. The molecule has 0 aromatic heterocycles. The third-order valence-corrected chi connectivity index (χ3v) is 9.86. The Balaban J connectivity index is 1.44. The highest BCUT2D eigenvalue weighted by Crippen LogP contribution is 2.66. The van der Waals surface area contributed by atoms with E-state index in [1.165, 1.54) is 0 Å². The first-order valence-electron chi connectivity index (χ1n) is 12.5. The fraction of sp³-hybridized carbons (Fsp3) is 0.444. The molecule has 3 fully saturated rings. The molecule has 9 heteroatoms. The average molecular weight is 528 g/mol. The van der Waals surface area contributed by atoms with Gasteiger partial charge in [0.1, 0.15) is 6.04 Å². The van der Waals surface area contributed by atoms with Gasteiger partial charge >= 0.3 is 0 Å². The van der Waals surface area contributed by atoms with E-state index in [0.717, 1.165) is 12.8 Å². The van der Waals surface area contributed by atoms with Crippen LogP contribution in [0.2, 0.25) is 5.02 Å². The lowest BCUT2D eigenvalue weighted by molar-refractivity contribution is -0.138. The van der Waals surface area contributed by atoms with Crippen LogP contribution in [0.3, 0.4) is 0 Å². The van der Waals surface area contributed by atoms with E-state index in [1.807, 2.05) is 30.3 Å². The van der Waals surface area contributed by atoms with Gasteiger partial charge in [-0.3, -0.25) is 14.4 Å². The summed E-state index contributed by atoms with van der Waals surface area (Å²) in [6, 6.07) is 15.6. The molecule has 0 radical (unpaired) electrons. The fourth-order valence-corrected chi connectivity index (χ4v) is 8.48. The van der Waals surface area contributed by atoms with E-state index < -0.39 is 22.6 Å². The number of benzene rings is 2. The molecule has 3 aliphatic rings. The molecule has 0 saturated carbocycles. The minimum Gasteiger partial charge on any atom is -0.396 e. The zero-order chi connectivity index (χ0) is 25.3. The molecule has 3 saturated heterocycles. The van der Waals surface area contributed by atoms with E-state index >= 15 is 0 Å². The number of nitrogens with one attached hydrogen (secondary N) is 2. The molecular weight excluding hydrogens is 498 g/mol. The molecule has 5 atom stereocenters. The largest absolute Gasteiger partial charge is 0.396 e. The molecule has 36 heavy (non-hydrogen) atoms. The summed E-state index contributed by atoms with van der Waals surface area (Å²) in [6.45, 7) is 0.506. The molecule has 2 bridgehead atoms. The number of aliphatic hydroxyl groups is 1. The topological polar surface area (TPSA) is 98.7 Å². The molecule has 190 valence electrons. The molecule has 2 aromatic rings. The Hall–Kier alpha value is -2.55. The monoisotopic (exact) mass is 527 g/mol. The van der Waals surface area contributed by atoms with E-state index in [2.05, 4.69) is 10.6 Å². The zero-order valence-electron chi connectivity index (χ0n) is 19.9. The molecule has 3 N–H and O–H groups in total. The van der Waals surface area contributed by atoms with Crippen molar-refractivity contribution in [1.82, 2.24) is 4.90 Å². The predicted molar refractivity (Wildman–Crippen MR) is 142 cm³/mol. The lowest BCUT2D eigenvalue weighted by atomic mass is 9.70. The van der Waals surface area contributed by atoms with Crippen molar-refractivity contribution in [3.05, 3.63) is 59.6 Å². The lowest BCUT2D eigenvalue weighted by Gasteiger charge is -2.34. The lowest BCUT2D eigenvalue weighted by Crippen LogP contribution is -2.51. The number of para-hydroxylation sites is 2. The van der Waals surface area contributed by atoms with Crippen molar-refractivity contribution in [1.29, 1.82) is 0 Å². The highest BCUT2D eigenvalue weighted by atomic mass is 35.5. The summed E-state index contributed by atoms with van der Waals surface area (Å²) in [7, 11) is 0. The summed E-state index contributed by atoms with van der Waals surface area (Å²) < 4.78 is -0.650. The summed E-state index contributed by atoms with van der Waals surface area (Å²) in [5, 5.41) is 15.6. The minimum absolute atomic E-state index is 0.00480. The maximum atomic E-state index is 13.9. The molecule has 3 aliphatic heterocycles. The molecule has 3 heterocycles. The van der Waals surface area contributed by atoms with Gasteiger partial charge in [-0.25, -0.2) is 0 Å². The van der Waals surface area contributed by atoms with Gasteiger partial charge in [-0.05, 0) is 56.4 Å². The third kappa shape index (κ3) is 4.40. The summed E-state index contributed by atoms with van der Waals surface area (Å²) >= 11 is 7.95. The van der Waals surface area contributed by atoms with Gasteiger partial charge in [0.15, 0.2) is 0 Å². The number of unbranched alkanes of at least 4 members (excludes halogenated alkanes) is 2. The van der Waals surface area contributed by atoms with Crippen LogP contribution in [-0.2, 0) is 14.4 Å². The molecule has 2 aromatic carbocycles. The summed E-state index contributed by atoms with van der Waals surface area (Å²) in [6.07, 6.45) is 3.58. The third-order valence-electron chi connectivity index (χ3n) is 7.58. The number of hydrogen-bond donors (Lipinski definition) is 3. The Kier molecular flexibility index (Phi) is 7.28. The van der Waals surface area contributed by atoms with Crippen LogP contribution in [0.25, 0.3) is 0 Å². The van der Waals surface area contributed by atoms with Crippen LogP contribution >= 0.6 is 23.4 Å². The smallest absolute Gasteiger partial charge is 0.248 e. The fourth-order valence-electron chi connectivity index (χ4n) is 6.08. The summed E-state index contributed by atoms with van der Waals surface area (Å²) in [4.78, 5) is 42.9. The number of likely N-dealkylation sites (tertiary alicyclic amines) is 1. The van der Waals surface area contributed by atoms with E-state index in [0.29, 0.717) is 42.2 Å². The Morgan fingerprint density at radius 3 is 2.53 bits per heavy atom. The Bertz CT molecular complexity index is 1150. The van der Waals surface area contributed by atoms with Crippen molar-refractivity contribution < 1.29 is 19.5 Å².